The van der Waals surface area contributed by atoms with Crippen molar-refractivity contribution in [2.45, 2.75) is 20.3 Å². The number of phenols is 1. The Morgan fingerprint density at radius 1 is 1.53 bits per heavy atom. The Bertz CT molecular complexity index is 376. The topological polar surface area (TPSA) is 63.3 Å². The fourth-order valence-corrected chi connectivity index (χ4v) is 1.72. The molecule has 0 aliphatic rings. The highest BCUT2D eigenvalue weighted by Gasteiger charge is 2.17. The van der Waals surface area contributed by atoms with Gasteiger partial charge in [-0.1, -0.05) is 11.6 Å². The number of carbonyl (C=O) groups is 1. The van der Waals surface area contributed by atoms with E-state index in [1.165, 1.54) is 0 Å². The van der Waals surface area contributed by atoms with E-state index in [4.69, 9.17) is 17.3 Å². The Balaban J connectivity index is 3.32. The van der Waals surface area contributed by atoms with Crippen LogP contribution in [0, 0.1) is 13.8 Å². The maximum atomic E-state index is 11.7. The lowest BCUT2D eigenvalue weighted by atomic mass is 9.97. The summed E-state index contributed by atoms with van der Waals surface area (Å²) in [6.07, 6.45) is 0.216. The summed E-state index contributed by atoms with van der Waals surface area (Å²) in [5.41, 5.74) is 7.25. The standard InChI is InChI=1S/C11H14ClNO2/c1-6-5-8(12)11(15)10(7(6)2)9(14)3-4-13/h5,15H,3-4,13H2,1-2H3. The molecule has 1 rings (SSSR count). The normalized spacial score (nSPS) is 10.4. The number of aryl methyl sites for hydroxylation is 1. The van der Waals surface area contributed by atoms with Crippen LogP contribution in [0.5, 0.6) is 5.75 Å². The van der Waals surface area contributed by atoms with E-state index in [0.717, 1.165) is 11.1 Å². The van der Waals surface area contributed by atoms with E-state index >= 15 is 0 Å². The maximum Gasteiger partial charge on any atom is 0.168 e. The van der Waals surface area contributed by atoms with Crippen molar-refractivity contribution < 1.29 is 9.90 Å². The molecule has 0 aromatic heterocycles. The van der Waals surface area contributed by atoms with Crippen molar-refractivity contribution in [2.75, 3.05) is 6.54 Å². The number of carbonyl (C=O) groups excluding carboxylic acids is 1. The highest BCUT2D eigenvalue weighted by Crippen LogP contribution is 2.32. The van der Waals surface area contributed by atoms with E-state index < -0.39 is 0 Å². The van der Waals surface area contributed by atoms with Gasteiger partial charge in [-0.3, -0.25) is 4.79 Å². The smallest absolute Gasteiger partial charge is 0.168 e. The zero-order chi connectivity index (χ0) is 11.6. The Labute approximate surface area is 93.9 Å². The second-order valence-corrected chi connectivity index (χ2v) is 3.89. The average Bonchev–Trinajstić information content (AvgIpc) is 2.16. The number of rotatable bonds is 3. The lowest BCUT2D eigenvalue weighted by Crippen LogP contribution is -2.10. The van der Waals surface area contributed by atoms with Crippen LogP contribution in [0.2, 0.25) is 5.02 Å². The minimum absolute atomic E-state index is 0.141. The third kappa shape index (κ3) is 2.30. The summed E-state index contributed by atoms with van der Waals surface area (Å²) in [5, 5.41) is 9.91. The van der Waals surface area contributed by atoms with Crippen LogP contribution in [-0.4, -0.2) is 17.4 Å². The van der Waals surface area contributed by atoms with Gasteiger partial charge in [0.1, 0.15) is 5.75 Å². The Kier molecular flexibility index (Phi) is 3.72. The van der Waals surface area contributed by atoms with Gasteiger partial charge in [-0.15, -0.1) is 0 Å². The molecule has 0 saturated heterocycles. The van der Waals surface area contributed by atoms with E-state index in [-0.39, 0.29) is 29.5 Å². The largest absolute Gasteiger partial charge is 0.506 e. The molecule has 15 heavy (non-hydrogen) atoms. The maximum absolute atomic E-state index is 11.7. The molecule has 3 nitrogen and oxygen atoms in total. The van der Waals surface area contributed by atoms with Crippen molar-refractivity contribution in [2.24, 2.45) is 5.73 Å². The average molecular weight is 228 g/mol. The predicted molar refractivity (Wildman–Crippen MR) is 60.6 cm³/mol. The van der Waals surface area contributed by atoms with Gasteiger partial charge in [-0.25, -0.2) is 0 Å². The van der Waals surface area contributed by atoms with Gasteiger partial charge in [0.15, 0.2) is 5.78 Å². The molecule has 0 radical (unpaired) electrons. The third-order valence-corrected chi connectivity index (χ3v) is 2.71. The summed E-state index contributed by atoms with van der Waals surface area (Å²) in [6.45, 7) is 3.90. The van der Waals surface area contributed by atoms with Crippen molar-refractivity contribution in [1.82, 2.24) is 0 Å². The molecule has 1 aromatic carbocycles. The summed E-state index contributed by atoms with van der Waals surface area (Å²) in [7, 11) is 0. The van der Waals surface area contributed by atoms with Crippen LogP contribution in [0.3, 0.4) is 0 Å². The second-order valence-electron chi connectivity index (χ2n) is 3.49. The molecule has 0 saturated carbocycles. The first-order valence-electron chi connectivity index (χ1n) is 4.71. The molecule has 0 spiro atoms. The van der Waals surface area contributed by atoms with Gasteiger partial charge in [-0.05, 0) is 37.6 Å². The lowest BCUT2D eigenvalue weighted by molar-refractivity contribution is 0.0982. The third-order valence-electron chi connectivity index (χ3n) is 2.42. The molecule has 82 valence electrons. The molecular weight excluding hydrogens is 214 g/mol. The van der Waals surface area contributed by atoms with E-state index in [1.54, 1.807) is 13.0 Å². The van der Waals surface area contributed by atoms with Crippen LogP contribution in [0.1, 0.15) is 27.9 Å². The second kappa shape index (κ2) is 4.64. The molecule has 0 bridgehead atoms. The van der Waals surface area contributed by atoms with Crippen LogP contribution in [0.25, 0.3) is 0 Å². The van der Waals surface area contributed by atoms with Crippen molar-refractivity contribution in [3.05, 3.63) is 27.8 Å². The Hall–Kier alpha value is -1.06. The highest BCUT2D eigenvalue weighted by atomic mass is 35.5. The molecule has 0 aliphatic carbocycles. The lowest BCUT2D eigenvalue weighted by Gasteiger charge is -2.11. The van der Waals surface area contributed by atoms with Crippen LogP contribution < -0.4 is 5.73 Å². The Morgan fingerprint density at radius 3 is 2.67 bits per heavy atom. The number of nitrogens with two attached hydrogens (primary N) is 1. The number of hydrogen-bond donors (Lipinski definition) is 2. The van der Waals surface area contributed by atoms with Gasteiger partial charge in [0.05, 0.1) is 10.6 Å². The van der Waals surface area contributed by atoms with Crippen molar-refractivity contribution in [3.8, 4) is 5.75 Å². The molecular formula is C11H14ClNO2. The zero-order valence-electron chi connectivity index (χ0n) is 8.80. The number of hydrogen-bond acceptors (Lipinski definition) is 3. The quantitative estimate of drug-likeness (QED) is 0.779. The fraction of sp³-hybridized carbons (Fsp3) is 0.364. The fourth-order valence-electron chi connectivity index (χ4n) is 1.46. The summed E-state index contributed by atoms with van der Waals surface area (Å²) >= 11 is 5.80. The number of ketones is 1. The van der Waals surface area contributed by atoms with E-state index in [1.807, 2.05) is 6.92 Å². The van der Waals surface area contributed by atoms with E-state index in [9.17, 15) is 9.90 Å². The molecule has 0 fully saturated rings. The zero-order valence-corrected chi connectivity index (χ0v) is 9.56. The molecule has 0 unspecified atom stereocenters. The molecule has 3 N–H and O–H groups in total. The van der Waals surface area contributed by atoms with Gasteiger partial charge in [0, 0.05) is 6.42 Å². The van der Waals surface area contributed by atoms with Gasteiger partial charge in [-0.2, -0.15) is 0 Å². The first-order chi connectivity index (χ1) is 6.99. The Morgan fingerprint density at radius 2 is 2.13 bits per heavy atom. The van der Waals surface area contributed by atoms with Crippen LogP contribution in [0.15, 0.2) is 6.07 Å². The number of halogens is 1. The molecule has 0 amide bonds. The first-order valence-corrected chi connectivity index (χ1v) is 5.08. The van der Waals surface area contributed by atoms with Crippen molar-refractivity contribution in [1.29, 1.82) is 0 Å². The van der Waals surface area contributed by atoms with Crippen LogP contribution >= 0.6 is 11.6 Å². The monoisotopic (exact) mass is 227 g/mol. The van der Waals surface area contributed by atoms with E-state index in [2.05, 4.69) is 0 Å². The van der Waals surface area contributed by atoms with Gasteiger partial charge < -0.3 is 10.8 Å². The summed E-state index contributed by atoms with van der Waals surface area (Å²) in [5.74, 6) is -0.309. The van der Waals surface area contributed by atoms with Gasteiger partial charge >= 0.3 is 0 Å². The molecule has 4 heteroatoms. The summed E-state index contributed by atoms with van der Waals surface area (Å²) < 4.78 is 0. The number of benzene rings is 1. The molecule has 0 heterocycles. The number of Topliss-reactive ketones (excluding diaryl/α,β-unsaturated/α-hetero) is 1. The highest BCUT2D eigenvalue weighted by molar-refractivity contribution is 6.32. The van der Waals surface area contributed by atoms with Crippen molar-refractivity contribution in [3.63, 3.8) is 0 Å². The molecule has 1 aromatic rings. The summed E-state index contributed by atoms with van der Waals surface area (Å²) in [6, 6.07) is 1.64. The van der Waals surface area contributed by atoms with Crippen LogP contribution in [-0.2, 0) is 0 Å². The predicted octanol–water partition coefficient (Wildman–Crippen LogP) is 2.19. The number of phenolic OH excluding ortho intramolecular Hbond substituents is 1. The minimum atomic E-state index is -0.168. The molecule has 0 atom stereocenters. The van der Waals surface area contributed by atoms with Crippen molar-refractivity contribution >= 4 is 17.4 Å². The van der Waals surface area contributed by atoms with Gasteiger partial charge in [0.2, 0.25) is 0 Å². The van der Waals surface area contributed by atoms with Crippen LogP contribution in [0.4, 0.5) is 0 Å². The molecule has 0 aliphatic heterocycles. The number of aromatic hydroxyl groups is 1. The minimum Gasteiger partial charge on any atom is -0.506 e. The first kappa shape index (κ1) is 12.0. The van der Waals surface area contributed by atoms with E-state index in [0.29, 0.717) is 5.56 Å². The summed E-state index contributed by atoms with van der Waals surface area (Å²) in [4.78, 5) is 11.7. The van der Waals surface area contributed by atoms with Gasteiger partial charge in [0.25, 0.3) is 0 Å². The SMILES string of the molecule is Cc1cc(Cl)c(O)c(C(=O)CCN)c1C.